The van der Waals surface area contributed by atoms with Crippen molar-refractivity contribution in [2.75, 3.05) is 13.2 Å². The number of ether oxygens (including phenoxy) is 1. The molecule has 18 heavy (non-hydrogen) atoms. The number of aryl methyl sites for hydroxylation is 1. The number of nitrogens with one attached hydrogen (secondary N) is 1. The molecule has 1 aliphatic rings. The third-order valence-corrected chi connectivity index (χ3v) is 5.14. The zero-order valence-electron chi connectivity index (χ0n) is 11.2. The molecule has 1 saturated heterocycles. The van der Waals surface area contributed by atoms with Gasteiger partial charge in [0.2, 0.25) is 0 Å². The van der Waals surface area contributed by atoms with Crippen LogP contribution in [0.2, 0.25) is 4.34 Å². The fourth-order valence-corrected chi connectivity index (χ4v) is 3.80. The summed E-state index contributed by atoms with van der Waals surface area (Å²) in [4.78, 5) is 1.36. The van der Waals surface area contributed by atoms with Gasteiger partial charge in [-0.05, 0) is 50.8 Å². The molecular formula is C14H22ClNOS. The highest BCUT2D eigenvalue weighted by atomic mass is 35.5. The maximum absolute atomic E-state index is 6.17. The van der Waals surface area contributed by atoms with Crippen LogP contribution < -0.4 is 5.32 Å². The van der Waals surface area contributed by atoms with Crippen LogP contribution in [0.5, 0.6) is 0 Å². The Morgan fingerprint density at radius 2 is 2.44 bits per heavy atom. The number of halogens is 1. The number of thiophene rings is 1. The Bertz CT molecular complexity index is 354. The average Bonchev–Trinajstić information content (AvgIpc) is 2.96. The first-order valence-corrected chi connectivity index (χ1v) is 8.01. The van der Waals surface area contributed by atoms with Gasteiger partial charge in [0.25, 0.3) is 0 Å². The minimum Gasteiger partial charge on any atom is -0.378 e. The van der Waals surface area contributed by atoms with Crippen molar-refractivity contribution in [2.45, 2.75) is 51.7 Å². The van der Waals surface area contributed by atoms with Crippen molar-refractivity contribution < 1.29 is 4.74 Å². The van der Waals surface area contributed by atoms with Crippen LogP contribution in [0.25, 0.3) is 0 Å². The number of rotatable bonds is 6. The van der Waals surface area contributed by atoms with E-state index >= 15 is 0 Å². The second kappa shape index (κ2) is 6.90. The molecule has 2 nitrogen and oxygen atoms in total. The number of hydrogen-bond acceptors (Lipinski definition) is 3. The summed E-state index contributed by atoms with van der Waals surface area (Å²) in [5.41, 5.74) is 1.19. The minimum absolute atomic E-state index is 0.426. The van der Waals surface area contributed by atoms with Gasteiger partial charge in [-0.2, -0.15) is 0 Å². The van der Waals surface area contributed by atoms with Gasteiger partial charge in [0.15, 0.2) is 0 Å². The summed E-state index contributed by atoms with van der Waals surface area (Å²) in [5, 5.41) is 3.56. The predicted octanol–water partition coefficient (Wildman–Crippen LogP) is 4.32. The summed E-state index contributed by atoms with van der Waals surface area (Å²) in [5.74, 6) is 0. The molecule has 1 N–H and O–H groups in total. The Morgan fingerprint density at radius 3 is 3.00 bits per heavy atom. The Kier molecular flexibility index (Phi) is 5.49. The zero-order valence-corrected chi connectivity index (χ0v) is 12.7. The molecule has 4 heteroatoms. The lowest BCUT2D eigenvalue weighted by molar-refractivity contribution is 0.0997. The lowest BCUT2D eigenvalue weighted by Gasteiger charge is -2.18. The van der Waals surface area contributed by atoms with Crippen molar-refractivity contribution in [1.29, 1.82) is 0 Å². The van der Waals surface area contributed by atoms with Crippen LogP contribution in [0.3, 0.4) is 0 Å². The van der Waals surface area contributed by atoms with E-state index in [1.807, 2.05) is 0 Å². The van der Waals surface area contributed by atoms with E-state index in [1.54, 1.807) is 11.3 Å². The van der Waals surface area contributed by atoms with E-state index in [9.17, 15) is 0 Å². The molecule has 0 radical (unpaired) electrons. The Morgan fingerprint density at radius 1 is 1.61 bits per heavy atom. The molecule has 2 atom stereocenters. The van der Waals surface area contributed by atoms with E-state index in [0.717, 1.165) is 30.3 Å². The molecule has 1 fully saturated rings. The SMILES string of the molecule is CCNC(CCC1CCCO1)c1cc(C)c(Cl)s1. The second-order valence-corrected chi connectivity index (χ2v) is 6.61. The van der Waals surface area contributed by atoms with E-state index in [1.165, 1.54) is 23.3 Å². The smallest absolute Gasteiger partial charge is 0.0960 e. The summed E-state index contributed by atoms with van der Waals surface area (Å²) >= 11 is 7.87. The maximum atomic E-state index is 6.17. The monoisotopic (exact) mass is 287 g/mol. The van der Waals surface area contributed by atoms with E-state index in [-0.39, 0.29) is 0 Å². The van der Waals surface area contributed by atoms with Gasteiger partial charge in [-0.15, -0.1) is 11.3 Å². The Labute approximate surface area is 119 Å². The van der Waals surface area contributed by atoms with Gasteiger partial charge in [-0.3, -0.25) is 0 Å². The first-order valence-electron chi connectivity index (χ1n) is 6.81. The highest BCUT2D eigenvalue weighted by Gasteiger charge is 2.20. The molecular weight excluding hydrogens is 266 g/mol. The van der Waals surface area contributed by atoms with Crippen molar-refractivity contribution in [1.82, 2.24) is 5.32 Å². The number of hydrogen-bond donors (Lipinski definition) is 1. The lowest BCUT2D eigenvalue weighted by atomic mass is 10.0. The van der Waals surface area contributed by atoms with Crippen LogP contribution in [-0.2, 0) is 4.74 Å². The van der Waals surface area contributed by atoms with Crippen molar-refractivity contribution in [3.8, 4) is 0 Å². The van der Waals surface area contributed by atoms with Gasteiger partial charge >= 0.3 is 0 Å². The summed E-state index contributed by atoms with van der Waals surface area (Å²) in [6, 6.07) is 2.64. The van der Waals surface area contributed by atoms with Crippen LogP contribution in [0, 0.1) is 6.92 Å². The average molecular weight is 288 g/mol. The van der Waals surface area contributed by atoms with E-state index in [2.05, 4.69) is 25.2 Å². The fourth-order valence-electron chi connectivity index (χ4n) is 2.47. The van der Waals surface area contributed by atoms with Gasteiger partial charge in [-0.25, -0.2) is 0 Å². The summed E-state index contributed by atoms with van der Waals surface area (Å²) in [6.07, 6.45) is 5.20. The molecule has 2 unspecified atom stereocenters. The third kappa shape index (κ3) is 3.70. The summed E-state index contributed by atoms with van der Waals surface area (Å²) in [6.45, 7) is 6.16. The molecule has 0 saturated carbocycles. The molecule has 0 aromatic carbocycles. The van der Waals surface area contributed by atoms with Crippen molar-refractivity contribution >= 4 is 22.9 Å². The lowest BCUT2D eigenvalue weighted by Crippen LogP contribution is -2.21. The zero-order chi connectivity index (χ0) is 13.0. The first kappa shape index (κ1) is 14.3. The van der Waals surface area contributed by atoms with Gasteiger partial charge in [0, 0.05) is 17.5 Å². The Balaban J connectivity index is 1.94. The van der Waals surface area contributed by atoms with E-state index < -0.39 is 0 Å². The van der Waals surface area contributed by atoms with Crippen molar-refractivity contribution in [3.05, 3.63) is 20.8 Å². The quantitative estimate of drug-likeness (QED) is 0.841. The van der Waals surface area contributed by atoms with Gasteiger partial charge in [-0.1, -0.05) is 18.5 Å². The predicted molar refractivity (Wildman–Crippen MR) is 78.7 cm³/mol. The Hall–Kier alpha value is -0.0900. The normalized spacial score (nSPS) is 21.4. The summed E-state index contributed by atoms with van der Waals surface area (Å²) < 4.78 is 6.62. The molecule has 0 bridgehead atoms. The molecule has 0 amide bonds. The fraction of sp³-hybridized carbons (Fsp3) is 0.714. The molecule has 102 valence electrons. The third-order valence-electron chi connectivity index (χ3n) is 3.47. The molecule has 1 aromatic rings. The van der Waals surface area contributed by atoms with Crippen LogP contribution in [-0.4, -0.2) is 19.3 Å². The standard InChI is InChI=1S/C14H22ClNOS/c1-3-16-12(7-6-11-5-4-8-17-11)13-9-10(2)14(15)18-13/h9,11-12,16H,3-8H2,1-2H3. The van der Waals surface area contributed by atoms with Gasteiger partial charge in [0.05, 0.1) is 10.4 Å². The van der Waals surface area contributed by atoms with Crippen LogP contribution in [0.15, 0.2) is 6.07 Å². The molecule has 0 aliphatic carbocycles. The minimum atomic E-state index is 0.426. The topological polar surface area (TPSA) is 21.3 Å². The van der Waals surface area contributed by atoms with Crippen molar-refractivity contribution in [2.24, 2.45) is 0 Å². The van der Waals surface area contributed by atoms with E-state index in [0.29, 0.717) is 12.1 Å². The molecule has 2 heterocycles. The molecule has 0 spiro atoms. The van der Waals surface area contributed by atoms with Crippen LogP contribution in [0.1, 0.15) is 49.1 Å². The molecule has 1 aliphatic heterocycles. The highest BCUT2D eigenvalue weighted by molar-refractivity contribution is 7.16. The second-order valence-electron chi connectivity index (χ2n) is 4.93. The first-order chi connectivity index (χ1) is 8.70. The summed E-state index contributed by atoms with van der Waals surface area (Å²) in [7, 11) is 0. The maximum Gasteiger partial charge on any atom is 0.0960 e. The van der Waals surface area contributed by atoms with E-state index in [4.69, 9.17) is 16.3 Å². The van der Waals surface area contributed by atoms with Crippen LogP contribution in [0.4, 0.5) is 0 Å². The van der Waals surface area contributed by atoms with Gasteiger partial charge < -0.3 is 10.1 Å². The van der Waals surface area contributed by atoms with Crippen LogP contribution >= 0.6 is 22.9 Å². The highest BCUT2D eigenvalue weighted by Crippen LogP contribution is 2.33. The molecule has 2 rings (SSSR count). The largest absolute Gasteiger partial charge is 0.378 e. The van der Waals surface area contributed by atoms with Gasteiger partial charge in [0.1, 0.15) is 0 Å². The molecule has 1 aromatic heterocycles. The van der Waals surface area contributed by atoms with Crippen molar-refractivity contribution in [3.63, 3.8) is 0 Å².